The van der Waals surface area contributed by atoms with E-state index in [1.54, 1.807) is 32.0 Å². The van der Waals surface area contributed by atoms with Gasteiger partial charge >= 0.3 is 0 Å². The van der Waals surface area contributed by atoms with Gasteiger partial charge in [-0.15, -0.1) is 11.8 Å². The molecule has 1 aliphatic rings. The Morgan fingerprint density at radius 2 is 2.05 bits per heavy atom. The zero-order chi connectivity index (χ0) is 13.8. The standard InChI is InChI=1S/C13H18N2O3S/c1-8-4-11(17-2)12(18-3)5-9(8)15-13(16)10-6-19-7-14-10/h4-5,10,14H,6-7H2,1-3H3,(H,15,16). The van der Waals surface area contributed by atoms with Gasteiger partial charge in [-0.05, 0) is 18.6 Å². The molecule has 1 fully saturated rings. The molecule has 0 spiro atoms. The molecular formula is C13H18N2O3S. The average molecular weight is 282 g/mol. The van der Waals surface area contributed by atoms with Crippen LogP contribution < -0.4 is 20.1 Å². The van der Waals surface area contributed by atoms with Crippen molar-refractivity contribution in [3.8, 4) is 11.5 Å². The zero-order valence-corrected chi connectivity index (χ0v) is 12.1. The summed E-state index contributed by atoms with van der Waals surface area (Å²) in [5, 5.41) is 6.07. The molecule has 2 rings (SSSR count). The molecule has 1 atom stereocenters. The highest BCUT2D eigenvalue weighted by molar-refractivity contribution is 7.99. The largest absolute Gasteiger partial charge is 0.493 e. The summed E-state index contributed by atoms with van der Waals surface area (Å²) in [7, 11) is 3.17. The van der Waals surface area contributed by atoms with E-state index < -0.39 is 0 Å². The molecule has 2 N–H and O–H groups in total. The van der Waals surface area contributed by atoms with Crippen LogP contribution in [0.2, 0.25) is 0 Å². The van der Waals surface area contributed by atoms with Crippen LogP contribution in [0.5, 0.6) is 11.5 Å². The lowest BCUT2D eigenvalue weighted by Crippen LogP contribution is -2.37. The van der Waals surface area contributed by atoms with Gasteiger partial charge in [0.15, 0.2) is 11.5 Å². The summed E-state index contributed by atoms with van der Waals surface area (Å²) in [6.07, 6.45) is 0. The summed E-state index contributed by atoms with van der Waals surface area (Å²) >= 11 is 1.72. The van der Waals surface area contributed by atoms with E-state index in [2.05, 4.69) is 10.6 Å². The van der Waals surface area contributed by atoms with Crippen molar-refractivity contribution in [2.45, 2.75) is 13.0 Å². The van der Waals surface area contributed by atoms with Gasteiger partial charge in [0.05, 0.1) is 20.3 Å². The van der Waals surface area contributed by atoms with Gasteiger partial charge in [-0.25, -0.2) is 0 Å². The lowest BCUT2D eigenvalue weighted by atomic mass is 10.1. The molecule has 6 heteroatoms. The number of rotatable bonds is 4. The van der Waals surface area contributed by atoms with Crippen LogP contribution in [0.25, 0.3) is 0 Å². The second kappa shape index (κ2) is 6.16. The number of aryl methyl sites for hydroxylation is 1. The molecule has 0 aromatic heterocycles. The second-order valence-corrected chi connectivity index (χ2v) is 5.31. The third-order valence-electron chi connectivity index (χ3n) is 3.02. The molecule has 1 aromatic rings. The number of carbonyl (C=O) groups excluding carboxylic acids is 1. The number of thioether (sulfide) groups is 1. The lowest BCUT2D eigenvalue weighted by molar-refractivity contribution is -0.117. The zero-order valence-electron chi connectivity index (χ0n) is 11.3. The van der Waals surface area contributed by atoms with Gasteiger partial charge in [-0.2, -0.15) is 0 Å². The Hall–Kier alpha value is -1.40. The summed E-state index contributed by atoms with van der Waals surface area (Å²) in [5.41, 5.74) is 1.69. The Morgan fingerprint density at radius 3 is 2.63 bits per heavy atom. The number of ether oxygens (including phenoxy) is 2. The first kappa shape index (κ1) is 14.0. The van der Waals surface area contributed by atoms with E-state index in [4.69, 9.17) is 9.47 Å². The quantitative estimate of drug-likeness (QED) is 0.878. The Kier molecular flexibility index (Phi) is 4.55. The highest BCUT2D eigenvalue weighted by Crippen LogP contribution is 2.33. The van der Waals surface area contributed by atoms with Crippen LogP contribution in [-0.4, -0.2) is 37.8 Å². The molecule has 0 radical (unpaired) electrons. The van der Waals surface area contributed by atoms with Crippen molar-refractivity contribution < 1.29 is 14.3 Å². The van der Waals surface area contributed by atoms with E-state index >= 15 is 0 Å². The molecule has 0 saturated carbocycles. The summed E-state index contributed by atoms with van der Waals surface area (Å²) in [6, 6.07) is 3.51. The fourth-order valence-corrected chi connectivity index (χ4v) is 2.84. The van der Waals surface area contributed by atoms with Crippen LogP contribution in [0, 0.1) is 6.92 Å². The summed E-state index contributed by atoms with van der Waals surface area (Å²) in [5.74, 6) is 2.88. The van der Waals surface area contributed by atoms with Gasteiger partial charge < -0.3 is 14.8 Å². The Labute approximate surface area is 117 Å². The van der Waals surface area contributed by atoms with Gasteiger partial charge in [0.25, 0.3) is 0 Å². The fourth-order valence-electron chi connectivity index (χ4n) is 1.90. The number of amides is 1. The van der Waals surface area contributed by atoms with Gasteiger partial charge in [-0.1, -0.05) is 0 Å². The van der Waals surface area contributed by atoms with Crippen molar-refractivity contribution in [2.75, 3.05) is 31.2 Å². The number of methoxy groups -OCH3 is 2. The van der Waals surface area contributed by atoms with E-state index in [-0.39, 0.29) is 11.9 Å². The molecule has 1 unspecified atom stereocenters. The molecule has 1 aliphatic heterocycles. The Bertz CT molecular complexity index is 473. The third kappa shape index (κ3) is 3.13. The number of anilines is 1. The van der Waals surface area contributed by atoms with Crippen molar-refractivity contribution >= 4 is 23.4 Å². The number of nitrogens with one attached hydrogen (secondary N) is 2. The maximum atomic E-state index is 12.1. The molecule has 19 heavy (non-hydrogen) atoms. The highest BCUT2D eigenvalue weighted by atomic mass is 32.2. The molecule has 1 amide bonds. The van der Waals surface area contributed by atoms with Crippen LogP contribution in [0.4, 0.5) is 5.69 Å². The Balaban J connectivity index is 2.17. The van der Waals surface area contributed by atoms with Crippen molar-refractivity contribution in [1.29, 1.82) is 0 Å². The maximum absolute atomic E-state index is 12.1. The van der Waals surface area contributed by atoms with E-state index in [9.17, 15) is 4.79 Å². The van der Waals surface area contributed by atoms with E-state index in [0.717, 1.165) is 22.9 Å². The summed E-state index contributed by atoms with van der Waals surface area (Å²) in [6.45, 7) is 1.92. The SMILES string of the molecule is COc1cc(C)c(NC(=O)C2CSCN2)cc1OC. The second-order valence-electron chi connectivity index (χ2n) is 4.28. The number of carbonyl (C=O) groups is 1. The Morgan fingerprint density at radius 1 is 1.37 bits per heavy atom. The fraction of sp³-hybridized carbons (Fsp3) is 0.462. The number of hydrogen-bond donors (Lipinski definition) is 2. The third-order valence-corrected chi connectivity index (χ3v) is 3.96. The van der Waals surface area contributed by atoms with Crippen molar-refractivity contribution in [3.63, 3.8) is 0 Å². The normalized spacial score (nSPS) is 18.2. The van der Waals surface area contributed by atoms with E-state index in [1.165, 1.54) is 0 Å². The van der Waals surface area contributed by atoms with Crippen LogP contribution >= 0.6 is 11.8 Å². The first-order valence-electron chi connectivity index (χ1n) is 6.00. The molecule has 1 heterocycles. The van der Waals surface area contributed by atoms with E-state index in [0.29, 0.717) is 11.5 Å². The van der Waals surface area contributed by atoms with Crippen LogP contribution in [0.15, 0.2) is 12.1 Å². The van der Waals surface area contributed by atoms with Crippen molar-refractivity contribution in [3.05, 3.63) is 17.7 Å². The number of benzene rings is 1. The summed E-state index contributed by atoms with van der Waals surface area (Å²) in [4.78, 5) is 12.1. The number of hydrogen-bond acceptors (Lipinski definition) is 5. The predicted octanol–water partition coefficient (Wildman–Crippen LogP) is 1.61. The molecule has 0 aliphatic carbocycles. The lowest BCUT2D eigenvalue weighted by Gasteiger charge is -2.15. The maximum Gasteiger partial charge on any atom is 0.242 e. The minimum Gasteiger partial charge on any atom is -0.493 e. The van der Waals surface area contributed by atoms with Gasteiger partial charge in [-0.3, -0.25) is 10.1 Å². The topological polar surface area (TPSA) is 59.6 Å². The molecule has 5 nitrogen and oxygen atoms in total. The minimum absolute atomic E-state index is 0.0136. The predicted molar refractivity (Wildman–Crippen MR) is 77.2 cm³/mol. The first-order valence-corrected chi connectivity index (χ1v) is 7.15. The van der Waals surface area contributed by atoms with Crippen molar-refractivity contribution in [1.82, 2.24) is 5.32 Å². The average Bonchev–Trinajstić information content (AvgIpc) is 2.94. The van der Waals surface area contributed by atoms with Crippen molar-refractivity contribution in [2.24, 2.45) is 0 Å². The molecular weight excluding hydrogens is 264 g/mol. The monoisotopic (exact) mass is 282 g/mol. The van der Waals surface area contributed by atoms with Gasteiger partial charge in [0.1, 0.15) is 0 Å². The first-order chi connectivity index (χ1) is 9.15. The van der Waals surface area contributed by atoms with Crippen LogP contribution in [-0.2, 0) is 4.79 Å². The smallest absolute Gasteiger partial charge is 0.242 e. The van der Waals surface area contributed by atoms with Gasteiger partial charge in [0.2, 0.25) is 5.91 Å². The molecule has 1 saturated heterocycles. The molecule has 1 aromatic carbocycles. The van der Waals surface area contributed by atoms with Crippen LogP contribution in [0.3, 0.4) is 0 Å². The van der Waals surface area contributed by atoms with Gasteiger partial charge in [0, 0.05) is 23.4 Å². The molecule has 0 bridgehead atoms. The molecule has 104 valence electrons. The summed E-state index contributed by atoms with van der Waals surface area (Å²) < 4.78 is 10.5. The highest BCUT2D eigenvalue weighted by Gasteiger charge is 2.23. The minimum atomic E-state index is -0.127. The van der Waals surface area contributed by atoms with Crippen LogP contribution in [0.1, 0.15) is 5.56 Å². The van der Waals surface area contributed by atoms with E-state index in [1.807, 2.05) is 13.0 Å².